The Morgan fingerprint density at radius 1 is 1.30 bits per heavy atom. The Morgan fingerprint density at radius 2 is 2.09 bits per heavy atom. The maximum Gasteiger partial charge on any atom is 0.269 e. The lowest BCUT2D eigenvalue weighted by Crippen LogP contribution is -2.36. The first kappa shape index (κ1) is 15.7. The van der Waals surface area contributed by atoms with E-state index in [9.17, 15) is 10.1 Å². The number of nitrogens with zero attached hydrogens (tertiary/aromatic N) is 4. The molecule has 0 bridgehead atoms. The minimum absolute atomic E-state index is 0.156. The van der Waals surface area contributed by atoms with Gasteiger partial charge in [0.15, 0.2) is 0 Å². The van der Waals surface area contributed by atoms with E-state index < -0.39 is 0 Å². The van der Waals surface area contributed by atoms with Crippen LogP contribution in [0.4, 0.5) is 5.69 Å². The lowest BCUT2D eigenvalue weighted by atomic mass is 9.94. The first-order chi connectivity index (χ1) is 11.1. The van der Waals surface area contributed by atoms with Gasteiger partial charge in [-0.15, -0.1) is 0 Å². The molecule has 0 radical (unpaired) electrons. The summed E-state index contributed by atoms with van der Waals surface area (Å²) in [6, 6.07) is 9.01. The first-order valence-electron chi connectivity index (χ1n) is 8.07. The normalized spacial score (nSPS) is 18.9. The molecule has 0 unspecified atom stereocenters. The van der Waals surface area contributed by atoms with Crippen LogP contribution in [0.1, 0.15) is 30.0 Å². The molecule has 1 saturated heterocycles. The smallest absolute Gasteiger partial charge is 0.269 e. The summed E-state index contributed by atoms with van der Waals surface area (Å²) in [6.07, 6.45) is 5.21. The van der Waals surface area contributed by atoms with Gasteiger partial charge in [0.1, 0.15) is 0 Å². The molecule has 2 heterocycles. The van der Waals surface area contributed by atoms with Crippen LogP contribution in [0.25, 0.3) is 0 Å². The van der Waals surface area contributed by atoms with Crippen LogP contribution in [0.2, 0.25) is 0 Å². The Morgan fingerprint density at radius 3 is 2.74 bits per heavy atom. The number of nitro groups is 1. The van der Waals surface area contributed by atoms with Crippen molar-refractivity contribution in [1.29, 1.82) is 0 Å². The van der Waals surface area contributed by atoms with Crippen molar-refractivity contribution in [2.75, 3.05) is 19.6 Å². The van der Waals surface area contributed by atoms with Crippen molar-refractivity contribution in [2.24, 2.45) is 7.05 Å². The molecule has 0 aliphatic carbocycles. The highest BCUT2D eigenvalue weighted by Crippen LogP contribution is 2.26. The van der Waals surface area contributed by atoms with Crippen LogP contribution in [0.5, 0.6) is 0 Å². The Bertz CT molecular complexity index is 665. The quantitative estimate of drug-likeness (QED) is 0.629. The van der Waals surface area contributed by atoms with Crippen LogP contribution in [-0.4, -0.2) is 39.2 Å². The highest BCUT2D eigenvalue weighted by Gasteiger charge is 2.23. The third kappa shape index (κ3) is 3.76. The fraction of sp³-hybridized carbons (Fsp3) is 0.471. The van der Waals surface area contributed by atoms with Crippen LogP contribution in [0.15, 0.2) is 36.5 Å². The number of hydrogen-bond acceptors (Lipinski definition) is 4. The van der Waals surface area contributed by atoms with Crippen molar-refractivity contribution in [1.82, 2.24) is 14.7 Å². The molecule has 0 spiro atoms. The Labute approximate surface area is 135 Å². The molecule has 1 aromatic heterocycles. The highest BCUT2D eigenvalue weighted by molar-refractivity contribution is 5.32. The van der Waals surface area contributed by atoms with Gasteiger partial charge in [0, 0.05) is 50.1 Å². The van der Waals surface area contributed by atoms with Crippen molar-refractivity contribution in [2.45, 2.75) is 25.2 Å². The number of likely N-dealkylation sites (tertiary alicyclic amines) is 1. The zero-order valence-electron chi connectivity index (χ0n) is 13.4. The van der Waals surface area contributed by atoms with E-state index in [1.165, 1.54) is 18.5 Å². The number of benzene rings is 1. The minimum Gasteiger partial charge on any atom is -0.302 e. The fourth-order valence-corrected chi connectivity index (χ4v) is 3.36. The predicted molar refractivity (Wildman–Crippen MR) is 88.4 cm³/mol. The Balaban J connectivity index is 1.56. The molecule has 0 N–H and O–H groups in total. The van der Waals surface area contributed by atoms with Gasteiger partial charge in [-0.2, -0.15) is 5.10 Å². The summed E-state index contributed by atoms with van der Waals surface area (Å²) in [4.78, 5) is 12.8. The van der Waals surface area contributed by atoms with Gasteiger partial charge in [-0.25, -0.2) is 0 Å². The Kier molecular flexibility index (Phi) is 4.71. The van der Waals surface area contributed by atoms with E-state index in [0.29, 0.717) is 5.92 Å². The van der Waals surface area contributed by atoms with Gasteiger partial charge in [-0.1, -0.05) is 12.1 Å². The molecule has 0 saturated carbocycles. The summed E-state index contributed by atoms with van der Waals surface area (Å²) in [5, 5.41) is 15.0. The maximum atomic E-state index is 10.7. The summed E-state index contributed by atoms with van der Waals surface area (Å²) in [5.74, 6) is 0.549. The molecule has 6 heteroatoms. The second-order valence-electron chi connectivity index (χ2n) is 6.19. The molecule has 0 amide bonds. The van der Waals surface area contributed by atoms with E-state index in [-0.39, 0.29) is 10.6 Å². The van der Waals surface area contributed by atoms with Crippen molar-refractivity contribution in [3.63, 3.8) is 0 Å². The average Bonchev–Trinajstić information content (AvgIpc) is 3.00. The Hall–Kier alpha value is -2.21. The molecule has 3 rings (SSSR count). The van der Waals surface area contributed by atoms with E-state index in [1.807, 2.05) is 30.1 Å². The zero-order valence-corrected chi connectivity index (χ0v) is 13.4. The average molecular weight is 314 g/mol. The number of hydrogen-bond donors (Lipinski definition) is 0. The summed E-state index contributed by atoms with van der Waals surface area (Å²) in [5.41, 5.74) is 2.62. The van der Waals surface area contributed by atoms with Crippen LogP contribution < -0.4 is 0 Å². The SMILES string of the molecule is Cn1nccc1[C@@H]1CCCN(CCc2ccc([N+](=O)[O-])cc2)C1. The monoisotopic (exact) mass is 314 g/mol. The first-order valence-corrected chi connectivity index (χ1v) is 8.07. The molecule has 1 fully saturated rings. The van der Waals surface area contributed by atoms with Crippen molar-refractivity contribution >= 4 is 5.69 Å². The zero-order chi connectivity index (χ0) is 16.2. The highest BCUT2D eigenvalue weighted by atomic mass is 16.6. The number of non-ortho nitro benzene ring substituents is 1. The second-order valence-corrected chi connectivity index (χ2v) is 6.19. The van der Waals surface area contributed by atoms with E-state index in [0.717, 1.165) is 31.6 Å². The van der Waals surface area contributed by atoms with E-state index >= 15 is 0 Å². The molecule has 1 aliphatic heterocycles. The lowest BCUT2D eigenvalue weighted by Gasteiger charge is -2.32. The molecule has 23 heavy (non-hydrogen) atoms. The van der Waals surface area contributed by atoms with Gasteiger partial charge in [0.05, 0.1) is 4.92 Å². The molecule has 1 aliphatic rings. The van der Waals surface area contributed by atoms with E-state index in [1.54, 1.807) is 12.1 Å². The maximum absolute atomic E-state index is 10.7. The summed E-state index contributed by atoms with van der Waals surface area (Å²) in [6.45, 7) is 3.18. The van der Waals surface area contributed by atoms with Crippen LogP contribution in [0.3, 0.4) is 0 Å². The molecule has 1 aromatic carbocycles. The predicted octanol–water partition coefficient (Wildman–Crippen LogP) is 2.75. The van der Waals surface area contributed by atoms with Crippen LogP contribution in [-0.2, 0) is 13.5 Å². The lowest BCUT2D eigenvalue weighted by molar-refractivity contribution is -0.384. The van der Waals surface area contributed by atoms with Gasteiger partial charge in [-0.05, 0) is 37.4 Å². The molecular weight excluding hydrogens is 292 g/mol. The van der Waals surface area contributed by atoms with Crippen molar-refractivity contribution < 1.29 is 4.92 Å². The van der Waals surface area contributed by atoms with Gasteiger partial charge in [-0.3, -0.25) is 14.8 Å². The minimum atomic E-state index is -0.354. The van der Waals surface area contributed by atoms with Crippen molar-refractivity contribution in [3.05, 3.63) is 57.9 Å². The van der Waals surface area contributed by atoms with Crippen LogP contribution in [0, 0.1) is 10.1 Å². The molecule has 2 aromatic rings. The number of aromatic nitrogens is 2. The number of rotatable bonds is 5. The largest absolute Gasteiger partial charge is 0.302 e. The third-order valence-corrected chi connectivity index (χ3v) is 4.65. The number of nitro benzene ring substituents is 1. The standard InChI is InChI=1S/C17H22N4O2/c1-19-17(8-10-18-19)15-3-2-11-20(13-15)12-9-14-4-6-16(7-5-14)21(22)23/h4-8,10,15H,2-3,9,11-13H2,1H3/t15-/m1/s1. The van der Waals surface area contributed by atoms with Gasteiger partial charge >= 0.3 is 0 Å². The van der Waals surface area contributed by atoms with Gasteiger partial charge in [0.2, 0.25) is 0 Å². The summed E-state index contributed by atoms with van der Waals surface area (Å²) in [7, 11) is 2.01. The summed E-state index contributed by atoms with van der Waals surface area (Å²) >= 11 is 0. The molecular formula is C17H22N4O2. The summed E-state index contributed by atoms with van der Waals surface area (Å²) < 4.78 is 1.98. The van der Waals surface area contributed by atoms with E-state index in [4.69, 9.17) is 0 Å². The van der Waals surface area contributed by atoms with Crippen molar-refractivity contribution in [3.8, 4) is 0 Å². The third-order valence-electron chi connectivity index (χ3n) is 4.65. The fourth-order valence-electron chi connectivity index (χ4n) is 3.36. The second kappa shape index (κ2) is 6.91. The van der Waals surface area contributed by atoms with Crippen LogP contribution >= 0.6 is 0 Å². The number of aryl methyl sites for hydroxylation is 1. The molecule has 6 nitrogen and oxygen atoms in total. The molecule has 122 valence electrons. The topological polar surface area (TPSA) is 64.2 Å². The molecule has 1 atom stereocenters. The van der Waals surface area contributed by atoms with Gasteiger partial charge in [0.25, 0.3) is 5.69 Å². The number of piperidine rings is 1. The van der Waals surface area contributed by atoms with E-state index in [2.05, 4.69) is 16.1 Å². The van der Waals surface area contributed by atoms with Gasteiger partial charge < -0.3 is 4.90 Å².